The number of halogens is 3. The zero-order chi connectivity index (χ0) is 24.1. The third-order valence-corrected chi connectivity index (χ3v) is 7.47. The number of thioether (sulfide) groups is 1. The number of carbonyl (C=O) groups excluding carboxylic acids is 2. The number of carbonyl (C=O) groups is 2. The van der Waals surface area contributed by atoms with Crippen LogP contribution in [0.25, 0.3) is 6.08 Å². The van der Waals surface area contributed by atoms with Crippen LogP contribution in [0.2, 0.25) is 0 Å². The molecule has 3 aliphatic heterocycles. The Morgan fingerprint density at radius 1 is 1.22 bits per heavy atom. The number of amidine groups is 1. The predicted octanol–water partition coefficient (Wildman–Crippen LogP) is 4.55. The second kappa shape index (κ2) is 14.2. The Morgan fingerprint density at radius 3 is 2.58 bits per heavy atom. The zero-order valence-electron chi connectivity index (χ0n) is 20.6. The summed E-state index contributed by atoms with van der Waals surface area (Å²) in [6, 6.07) is 4.42. The smallest absolute Gasteiger partial charge is 0.410 e. The minimum Gasteiger partial charge on any atom is -0.410 e. The van der Waals surface area contributed by atoms with Crippen LogP contribution in [0.1, 0.15) is 45.1 Å². The maximum absolute atomic E-state index is 14.0. The van der Waals surface area contributed by atoms with E-state index in [2.05, 4.69) is 29.2 Å². The highest BCUT2D eigenvalue weighted by Gasteiger charge is 2.29. The highest BCUT2D eigenvalue weighted by molar-refractivity contribution is 8.18. The number of likely N-dealkylation sites (tertiary alicyclic amines) is 1. The summed E-state index contributed by atoms with van der Waals surface area (Å²) in [5, 5.41) is 2.46. The van der Waals surface area contributed by atoms with Crippen LogP contribution in [0.15, 0.2) is 28.1 Å². The van der Waals surface area contributed by atoms with Crippen molar-refractivity contribution in [2.24, 2.45) is 4.99 Å². The molecule has 0 atom stereocenters. The maximum Gasteiger partial charge on any atom is 0.415 e. The number of nitrogens with one attached hydrogen (secondary N) is 1. The van der Waals surface area contributed by atoms with E-state index >= 15 is 0 Å². The normalized spacial score (nSPS) is 19.7. The number of nitrogens with zero attached hydrogens (tertiary/aromatic N) is 4. The lowest BCUT2D eigenvalue weighted by molar-refractivity contribution is -0.113. The van der Waals surface area contributed by atoms with Gasteiger partial charge in [0.25, 0.3) is 5.91 Å². The van der Waals surface area contributed by atoms with Gasteiger partial charge in [-0.25, -0.2) is 14.6 Å². The molecular formula is C24H34Cl2FN5O3S. The van der Waals surface area contributed by atoms with Gasteiger partial charge in [0, 0.05) is 37.8 Å². The molecule has 1 aromatic carbocycles. The molecule has 0 spiro atoms. The molecule has 0 saturated carbocycles. The van der Waals surface area contributed by atoms with Crippen LogP contribution in [0.4, 0.5) is 9.18 Å². The summed E-state index contributed by atoms with van der Waals surface area (Å²) >= 11 is 1.24. The molecule has 0 aromatic heterocycles. The number of benzene rings is 1. The van der Waals surface area contributed by atoms with Crippen LogP contribution in [-0.2, 0) is 4.79 Å². The van der Waals surface area contributed by atoms with E-state index in [0.29, 0.717) is 34.8 Å². The molecule has 2 amide bonds. The van der Waals surface area contributed by atoms with Crippen LogP contribution in [0, 0.1) is 5.82 Å². The molecule has 2 saturated heterocycles. The largest absolute Gasteiger partial charge is 0.415 e. The molecule has 0 radical (unpaired) electrons. The van der Waals surface area contributed by atoms with Gasteiger partial charge in [0.05, 0.1) is 4.91 Å². The number of amides is 2. The second-order valence-corrected chi connectivity index (χ2v) is 9.58. The number of hydrogen-bond donors (Lipinski definition) is 1. The van der Waals surface area contributed by atoms with Gasteiger partial charge in [0.2, 0.25) is 0 Å². The van der Waals surface area contributed by atoms with Gasteiger partial charge in [-0.05, 0) is 74.8 Å². The molecule has 2 fully saturated rings. The van der Waals surface area contributed by atoms with Gasteiger partial charge in [0.1, 0.15) is 11.6 Å². The third kappa shape index (κ3) is 7.35. The van der Waals surface area contributed by atoms with Crippen molar-refractivity contribution in [2.45, 2.75) is 45.6 Å². The average molecular weight is 563 g/mol. The van der Waals surface area contributed by atoms with Crippen molar-refractivity contribution in [1.29, 1.82) is 0 Å². The van der Waals surface area contributed by atoms with Crippen molar-refractivity contribution >= 4 is 59.8 Å². The first-order chi connectivity index (χ1) is 16.5. The number of hydrazine groups is 1. The first-order valence-electron chi connectivity index (χ1n) is 12.0. The van der Waals surface area contributed by atoms with Crippen molar-refractivity contribution in [3.05, 3.63) is 34.5 Å². The molecule has 4 rings (SSSR count). The van der Waals surface area contributed by atoms with E-state index in [9.17, 15) is 14.0 Å². The molecule has 0 unspecified atom stereocenters. The highest BCUT2D eigenvalue weighted by atomic mass is 35.5. The first-order valence-corrected chi connectivity index (χ1v) is 12.8. The van der Waals surface area contributed by atoms with Crippen LogP contribution < -0.4 is 10.2 Å². The minimum atomic E-state index is -0.471. The summed E-state index contributed by atoms with van der Waals surface area (Å²) < 4.78 is 19.7. The van der Waals surface area contributed by atoms with E-state index in [1.165, 1.54) is 30.0 Å². The molecule has 3 heterocycles. The van der Waals surface area contributed by atoms with Gasteiger partial charge < -0.3 is 14.5 Å². The molecule has 0 aliphatic carbocycles. The summed E-state index contributed by atoms with van der Waals surface area (Å²) in [5.74, 6) is -0.629. The molecule has 12 heteroatoms. The van der Waals surface area contributed by atoms with Gasteiger partial charge in [-0.2, -0.15) is 4.99 Å². The molecule has 36 heavy (non-hydrogen) atoms. The SMILES string of the molecule is CCN(CC)C1CCN(C(=O)Oc2ccc(F)cc2/C=C2/SC(N3CCCCN3)=NC2=O)CC1.Cl.Cl. The Balaban J connectivity index is 0.00000228. The van der Waals surface area contributed by atoms with Crippen LogP contribution in [0.5, 0.6) is 5.75 Å². The second-order valence-electron chi connectivity index (χ2n) is 8.57. The van der Waals surface area contributed by atoms with E-state index in [4.69, 9.17) is 4.74 Å². The Kier molecular flexibility index (Phi) is 12.0. The van der Waals surface area contributed by atoms with E-state index in [1.807, 2.05) is 5.01 Å². The van der Waals surface area contributed by atoms with E-state index < -0.39 is 11.9 Å². The number of aliphatic imine (C=N–C) groups is 1. The molecule has 8 nitrogen and oxygen atoms in total. The lowest BCUT2D eigenvalue weighted by atomic mass is 10.0. The fourth-order valence-corrected chi connectivity index (χ4v) is 5.45. The first kappa shape index (κ1) is 30.4. The number of ether oxygens (including phenoxy) is 1. The van der Waals surface area contributed by atoms with Crippen molar-refractivity contribution in [3.63, 3.8) is 0 Å². The molecule has 1 aromatic rings. The Labute approximate surface area is 228 Å². The third-order valence-electron chi connectivity index (χ3n) is 6.46. The van der Waals surface area contributed by atoms with Gasteiger partial charge >= 0.3 is 6.09 Å². The van der Waals surface area contributed by atoms with Crippen molar-refractivity contribution in [3.8, 4) is 5.75 Å². The van der Waals surface area contributed by atoms with E-state index in [0.717, 1.165) is 51.9 Å². The molecule has 0 bridgehead atoms. The summed E-state index contributed by atoms with van der Waals surface area (Å²) in [7, 11) is 0. The van der Waals surface area contributed by atoms with Crippen LogP contribution in [-0.4, -0.2) is 77.3 Å². The van der Waals surface area contributed by atoms with Gasteiger partial charge in [-0.3, -0.25) is 9.80 Å². The van der Waals surface area contributed by atoms with Gasteiger partial charge in [-0.15, -0.1) is 24.8 Å². The van der Waals surface area contributed by atoms with E-state index in [1.54, 1.807) is 11.0 Å². The Bertz CT molecular complexity index is 978. The van der Waals surface area contributed by atoms with Gasteiger partial charge in [0.15, 0.2) is 5.17 Å². The molecule has 200 valence electrons. The molecule has 3 aliphatic rings. The average Bonchev–Trinajstić information content (AvgIpc) is 3.22. The number of piperidine rings is 1. The van der Waals surface area contributed by atoms with Crippen molar-refractivity contribution in [1.82, 2.24) is 20.2 Å². The van der Waals surface area contributed by atoms with E-state index in [-0.39, 0.29) is 36.5 Å². The minimum absolute atomic E-state index is 0. The standard InChI is InChI=1S/C24H32FN5O3S.2ClH/c1-3-28(4-2)19-9-13-29(14-10-19)24(32)33-20-8-7-18(25)15-17(20)16-21-22(31)27-23(34-21)30-12-6-5-11-26-30;;/h7-8,15-16,19,26H,3-6,9-14H2,1-2H3;2*1H/b21-16+;;. The summed E-state index contributed by atoms with van der Waals surface area (Å²) in [4.78, 5) is 33.9. The monoisotopic (exact) mass is 561 g/mol. The fourth-order valence-electron chi connectivity index (χ4n) is 4.54. The Morgan fingerprint density at radius 2 is 1.94 bits per heavy atom. The lowest BCUT2D eigenvalue weighted by Crippen LogP contribution is -2.47. The highest BCUT2D eigenvalue weighted by Crippen LogP contribution is 2.33. The topological polar surface area (TPSA) is 77.5 Å². The Hall–Kier alpha value is -1.85. The zero-order valence-corrected chi connectivity index (χ0v) is 23.0. The number of hydrogen-bond acceptors (Lipinski definition) is 7. The fraction of sp³-hybridized carbons (Fsp3) is 0.542. The summed E-state index contributed by atoms with van der Waals surface area (Å²) in [5.41, 5.74) is 3.57. The summed E-state index contributed by atoms with van der Waals surface area (Å²) in [6.07, 6.45) is 4.99. The van der Waals surface area contributed by atoms with Crippen molar-refractivity contribution in [2.75, 3.05) is 39.3 Å². The van der Waals surface area contributed by atoms with Crippen LogP contribution >= 0.6 is 36.6 Å². The molecule has 1 N–H and O–H groups in total. The van der Waals surface area contributed by atoms with Crippen LogP contribution in [0.3, 0.4) is 0 Å². The maximum atomic E-state index is 14.0. The lowest BCUT2D eigenvalue weighted by Gasteiger charge is -2.37. The predicted molar refractivity (Wildman–Crippen MR) is 146 cm³/mol. The number of rotatable bonds is 5. The van der Waals surface area contributed by atoms with Crippen molar-refractivity contribution < 1.29 is 18.7 Å². The molecular weight excluding hydrogens is 528 g/mol. The van der Waals surface area contributed by atoms with Gasteiger partial charge in [-0.1, -0.05) is 13.8 Å². The summed E-state index contributed by atoms with van der Waals surface area (Å²) in [6.45, 7) is 9.14. The quantitative estimate of drug-likeness (QED) is 0.528.